The summed E-state index contributed by atoms with van der Waals surface area (Å²) in [6, 6.07) is 9.47. The molecule has 0 unspecified atom stereocenters. The number of hydrogen-bond acceptors (Lipinski definition) is 5. The number of rotatable bonds is 4. The lowest BCUT2D eigenvalue weighted by Gasteiger charge is -2.39. The highest BCUT2D eigenvalue weighted by Gasteiger charge is 2.49. The number of esters is 1. The van der Waals surface area contributed by atoms with Crippen molar-refractivity contribution < 1.29 is 14.4 Å². The first-order valence-electron chi connectivity index (χ1n) is 7.59. The van der Waals surface area contributed by atoms with Crippen molar-refractivity contribution in [3.63, 3.8) is 0 Å². The summed E-state index contributed by atoms with van der Waals surface area (Å²) in [6.45, 7) is 10.1. The van der Waals surface area contributed by atoms with Crippen LogP contribution in [0.1, 0.15) is 40.2 Å². The molecule has 1 heterocycles. The average Bonchev–Trinajstić information content (AvgIpc) is 2.65. The van der Waals surface area contributed by atoms with Crippen LogP contribution >= 0.6 is 0 Å². The highest BCUT2D eigenvalue weighted by Crippen LogP contribution is 2.39. The third-order valence-electron chi connectivity index (χ3n) is 4.44. The van der Waals surface area contributed by atoms with Crippen LogP contribution in [0.2, 0.25) is 0 Å². The summed E-state index contributed by atoms with van der Waals surface area (Å²) >= 11 is 0. The number of aliphatic imine (C=N–C) groups is 1. The fraction of sp³-hybridized carbons (Fsp3) is 0.444. The van der Waals surface area contributed by atoms with Gasteiger partial charge in [-0.25, -0.2) is 4.79 Å². The Balaban J connectivity index is 2.38. The number of amidine groups is 1. The second kappa shape index (κ2) is 6.07. The first kappa shape index (κ1) is 17.1. The zero-order valence-corrected chi connectivity index (χ0v) is 14.6. The van der Waals surface area contributed by atoms with Crippen LogP contribution in [0, 0.1) is 0 Å². The van der Waals surface area contributed by atoms with Crippen molar-refractivity contribution in [3.05, 3.63) is 42.0 Å². The minimum absolute atomic E-state index is 0.301. The molecule has 0 N–H and O–H groups in total. The Morgan fingerprint density at radius 3 is 2.26 bits per heavy atom. The Kier molecular flexibility index (Phi) is 4.50. The molecule has 0 saturated heterocycles. The van der Waals surface area contributed by atoms with Crippen LogP contribution in [-0.2, 0) is 14.4 Å². The molecular formula is C18H24N2O3. The minimum Gasteiger partial charge on any atom is -0.466 e. The molecule has 0 radical (unpaired) electrons. The fourth-order valence-corrected chi connectivity index (χ4v) is 2.45. The van der Waals surface area contributed by atoms with Gasteiger partial charge in [-0.1, -0.05) is 30.3 Å². The van der Waals surface area contributed by atoms with E-state index < -0.39 is 5.97 Å². The van der Waals surface area contributed by atoms with Gasteiger partial charge < -0.3 is 9.57 Å². The predicted octanol–water partition coefficient (Wildman–Crippen LogP) is 3.42. The van der Waals surface area contributed by atoms with Crippen LogP contribution in [0.25, 0.3) is 5.76 Å². The lowest BCUT2D eigenvalue weighted by molar-refractivity contribution is -0.135. The summed E-state index contributed by atoms with van der Waals surface area (Å²) in [5, 5.41) is 1.76. The molecule has 0 bridgehead atoms. The molecule has 1 aliphatic heterocycles. The van der Waals surface area contributed by atoms with Crippen LogP contribution in [0.5, 0.6) is 0 Å². The van der Waals surface area contributed by atoms with E-state index in [1.165, 1.54) is 13.2 Å². The zero-order valence-electron chi connectivity index (χ0n) is 14.6. The van der Waals surface area contributed by atoms with Crippen LogP contribution < -0.4 is 0 Å². The predicted molar refractivity (Wildman–Crippen MR) is 90.6 cm³/mol. The summed E-state index contributed by atoms with van der Waals surface area (Å²) in [5.74, 6) is 0.735. The molecular weight excluding hydrogens is 292 g/mol. The van der Waals surface area contributed by atoms with Gasteiger partial charge in [0.25, 0.3) is 0 Å². The average molecular weight is 316 g/mol. The Labute approximate surface area is 137 Å². The van der Waals surface area contributed by atoms with E-state index in [0.717, 1.165) is 11.4 Å². The van der Waals surface area contributed by atoms with Crippen molar-refractivity contribution in [1.29, 1.82) is 0 Å². The molecule has 0 spiro atoms. The van der Waals surface area contributed by atoms with E-state index in [2.05, 4.69) is 32.7 Å². The second-order valence-corrected chi connectivity index (χ2v) is 6.56. The third-order valence-corrected chi connectivity index (χ3v) is 4.44. The molecule has 0 amide bonds. The highest BCUT2D eigenvalue weighted by atomic mass is 16.7. The number of ether oxygens (including phenoxy) is 1. The number of nitrogens with zero attached hydrogens (tertiary/aromatic N) is 2. The lowest BCUT2D eigenvalue weighted by Crippen LogP contribution is -2.52. The molecule has 0 saturated carbocycles. The SMILES string of the molecule is COC(=O)/C=C(\ON1C(C)=NC(C)(C)C1(C)C)c1ccccc1. The van der Waals surface area contributed by atoms with Crippen molar-refractivity contribution in [2.45, 2.75) is 45.7 Å². The fourth-order valence-electron chi connectivity index (χ4n) is 2.45. The molecule has 124 valence electrons. The normalized spacial score (nSPS) is 19.3. The number of hydroxylamine groups is 2. The van der Waals surface area contributed by atoms with Crippen molar-refractivity contribution in [2.75, 3.05) is 7.11 Å². The minimum atomic E-state index is -0.463. The zero-order chi connectivity index (χ0) is 17.3. The molecule has 0 aromatic heterocycles. The Morgan fingerprint density at radius 2 is 1.78 bits per heavy atom. The van der Waals surface area contributed by atoms with Gasteiger partial charge in [-0.2, -0.15) is 5.06 Å². The molecule has 5 heteroatoms. The second-order valence-electron chi connectivity index (χ2n) is 6.56. The van der Waals surface area contributed by atoms with Gasteiger partial charge >= 0.3 is 5.97 Å². The topological polar surface area (TPSA) is 51.1 Å². The van der Waals surface area contributed by atoms with E-state index in [0.29, 0.717) is 5.76 Å². The van der Waals surface area contributed by atoms with Crippen molar-refractivity contribution in [3.8, 4) is 0 Å². The molecule has 1 aliphatic rings. The van der Waals surface area contributed by atoms with Crippen LogP contribution in [0.3, 0.4) is 0 Å². The first-order chi connectivity index (χ1) is 10.7. The van der Waals surface area contributed by atoms with Gasteiger partial charge in [0.15, 0.2) is 5.76 Å². The number of carbonyl (C=O) groups excluding carboxylic acids is 1. The monoisotopic (exact) mass is 316 g/mol. The van der Waals surface area contributed by atoms with E-state index in [4.69, 9.17) is 9.57 Å². The van der Waals surface area contributed by atoms with Gasteiger partial charge in [-0.3, -0.25) is 4.99 Å². The highest BCUT2D eigenvalue weighted by molar-refractivity contribution is 5.90. The van der Waals surface area contributed by atoms with Gasteiger partial charge in [-0.15, -0.1) is 0 Å². The molecule has 5 nitrogen and oxygen atoms in total. The van der Waals surface area contributed by atoms with Crippen LogP contribution in [0.4, 0.5) is 0 Å². The number of carbonyl (C=O) groups is 1. The van der Waals surface area contributed by atoms with Crippen molar-refractivity contribution in [2.24, 2.45) is 4.99 Å². The molecule has 1 aromatic rings. The number of hydrogen-bond donors (Lipinski definition) is 0. The van der Waals surface area contributed by atoms with E-state index in [-0.39, 0.29) is 11.1 Å². The summed E-state index contributed by atoms with van der Waals surface area (Å²) in [4.78, 5) is 22.5. The molecule has 0 fully saturated rings. The first-order valence-corrected chi connectivity index (χ1v) is 7.59. The van der Waals surface area contributed by atoms with Crippen molar-refractivity contribution >= 4 is 17.6 Å². The van der Waals surface area contributed by atoms with Crippen molar-refractivity contribution in [1.82, 2.24) is 5.06 Å². The smallest absolute Gasteiger partial charge is 0.334 e. The van der Waals surface area contributed by atoms with Gasteiger partial charge in [-0.05, 0) is 34.6 Å². The van der Waals surface area contributed by atoms with E-state index in [1.54, 1.807) is 5.06 Å². The van der Waals surface area contributed by atoms with E-state index in [9.17, 15) is 4.79 Å². The molecule has 0 aliphatic carbocycles. The van der Waals surface area contributed by atoms with Crippen LogP contribution in [-0.4, -0.2) is 35.1 Å². The van der Waals surface area contributed by atoms with Gasteiger partial charge in [0.1, 0.15) is 5.84 Å². The Bertz CT molecular complexity index is 645. The van der Waals surface area contributed by atoms with Gasteiger partial charge in [0.05, 0.1) is 24.3 Å². The maximum absolute atomic E-state index is 11.7. The third kappa shape index (κ3) is 3.23. The summed E-state index contributed by atoms with van der Waals surface area (Å²) in [5.41, 5.74) is 0.136. The summed E-state index contributed by atoms with van der Waals surface area (Å²) in [6.07, 6.45) is 1.35. The molecule has 0 atom stereocenters. The lowest BCUT2D eigenvalue weighted by atomic mass is 9.84. The van der Waals surface area contributed by atoms with E-state index in [1.807, 2.05) is 37.3 Å². The van der Waals surface area contributed by atoms with Gasteiger partial charge in [0, 0.05) is 5.56 Å². The largest absolute Gasteiger partial charge is 0.466 e. The molecule has 2 rings (SSSR count). The maximum atomic E-state index is 11.7. The Hall–Kier alpha value is -2.30. The molecule has 23 heavy (non-hydrogen) atoms. The number of benzene rings is 1. The Morgan fingerprint density at radius 1 is 1.17 bits per heavy atom. The molecule has 1 aromatic carbocycles. The quantitative estimate of drug-likeness (QED) is 0.485. The standard InChI is InChI=1S/C18H24N2O3/c1-13-19-17(2,3)18(4,5)20(13)23-15(12-16(21)22-6)14-10-8-7-9-11-14/h7-12H,1-6H3/b15-12-. The van der Waals surface area contributed by atoms with E-state index >= 15 is 0 Å². The van der Waals surface area contributed by atoms with Gasteiger partial charge in [0.2, 0.25) is 0 Å². The maximum Gasteiger partial charge on any atom is 0.334 e. The van der Waals surface area contributed by atoms with Crippen LogP contribution in [0.15, 0.2) is 41.4 Å². The summed E-state index contributed by atoms with van der Waals surface area (Å²) < 4.78 is 4.74. The number of methoxy groups -OCH3 is 1. The summed E-state index contributed by atoms with van der Waals surface area (Å²) in [7, 11) is 1.34.